The quantitative estimate of drug-likeness (QED) is 0.733. The van der Waals surface area contributed by atoms with E-state index in [1.807, 2.05) is 6.07 Å². The summed E-state index contributed by atoms with van der Waals surface area (Å²) in [4.78, 5) is 17.2. The molecule has 68 valence electrons. The fourth-order valence-corrected chi connectivity index (χ4v) is 1.07. The molecule has 2 N–H and O–H groups in total. The molecule has 0 atom stereocenters. The number of nitrogens with one attached hydrogen (secondary N) is 1. The van der Waals surface area contributed by atoms with Gasteiger partial charge in [-0.3, -0.25) is 0 Å². The van der Waals surface area contributed by atoms with Gasteiger partial charge in [-0.2, -0.15) is 0 Å². The molecule has 4 nitrogen and oxygen atoms in total. The Balaban J connectivity index is 0.000000845. The smallest absolute Gasteiger partial charge is 0.354 e. The molecule has 0 bridgehead atoms. The molecular weight excluding hydrogens is 192 g/mol. The predicted octanol–water partition coefficient (Wildman–Crippen LogP) is 1.68. The lowest BCUT2D eigenvalue weighted by atomic mass is 10.3. The molecule has 2 aromatic rings. The van der Waals surface area contributed by atoms with Crippen molar-refractivity contribution in [1.82, 2.24) is 9.97 Å². The van der Waals surface area contributed by atoms with E-state index in [0.29, 0.717) is 0 Å². The summed E-state index contributed by atoms with van der Waals surface area (Å²) in [5, 5.41) is 9.47. The first-order chi connectivity index (χ1) is 5.77. The third kappa shape index (κ3) is 1.62. The second kappa shape index (κ2) is 3.45. The maximum Gasteiger partial charge on any atom is 0.354 e. The molecule has 2 heterocycles. The molecule has 0 aliphatic rings. The van der Waals surface area contributed by atoms with Gasteiger partial charge < -0.3 is 10.1 Å². The molecule has 0 amide bonds. The summed E-state index contributed by atoms with van der Waals surface area (Å²) >= 11 is 0. The molecular formula is C8H7ClN2O2. The Labute approximate surface area is 80.0 Å². The van der Waals surface area contributed by atoms with E-state index in [1.54, 1.807) is 6.20 Å². The Hall–Kier alpha value is -1.55. The standard InChI is InChI=1S/C8H6N2O2.ClH/c11-8(12)6-3-5-1-2-9-7(5)4-10-6;/h1-4,9H,(H,11,12);1H. The summed E-state index contributed by atoms with van der Waals surface area (Å²) in [7, 11) is 0. The van der Waals surface area contributed by atoms with Gasteiger partial charge in [-0.15, -0.1) is 12.4 Å². The third-order valence-corrected chi connectivity index (χ3v) is 1.66. The highest BCUT2D eigenvalue weighted by Gasteiger charge is 2.04. The predicted molar refractivity (Wildman–Crippen MR) is 50.3 cm³/mol. The number of carbonyl (C=O) groups is 1. The van der Waals surface area contributed by atoms with E-state index in [-0.39, 0.29) is 18.1 Å². The van der Waals surface area contributed by atoms with Crippen LogP contribution in [0, 0.1) is 0 Å². The van der Waals surface area contributed by atoms with E-state index < -0.39 is 5.97 Å². The fraction of sp³-hybridized carbons (Fsp3) is 0. The van der Waals surface area contributed by atoms with Crippen LogP contribution in [0.2, 0.25) is 0 Å². The number of hydrogen-bond donors (Lipinski definition) is 2. The average Bonchev–Trinajstić information content (AvgIpc) is 2.49. The van der Waals surface area contributed by atoms with Gasteiger partial charge in [-0.25, -0.2) is 9.78 Å². The normalized spacial score (nSPS) is 9.54. The molecule has 0 unspecified atom stereocenters. The summed E-state index contributed by atoms with van der Waals surface area (Å²) in [6.45, 7) is 0. The maximum atomic E-state index is 10.5. The van der Waals surface area contributed by atoms with Gasteiger partial charge in [0.2, 0.25) is 0 Å². The van der Waals surface area contributed by atoms with Crippen molar-refractivity contribution in [3.8, 4) is 0 Å². The largest absolute Gasteiger partial charge is 0.477 e. The van der Waals surface area contributed by atoms with Gasteiger partial charge in [0.1, 0.15) is 5.69 Å². The molecule has 0 spiro atoms. The van der Waals surface area contributed by atoms with Gasteiger partial charge in [0.15, 0.2) is 0 Å². The minimum atomic E-state index is -1.00. The first-order valence-electron chi connectivity index (χ1n) is 3.44. The van der Waals surface area contributed by atoms with Crippen molar-refractivity contribution >= 4 is 29.3 Å². The highest BCUT2D eigenvalue weighted by atomic mass is 35.5. The van der Waals surface area contributed by atoms with Crippen LogP contribution in [0.25, 0.3) is 10.9 Å². The van der Waals surface area contributed by atoms with Crippen LogP contribution in [-0.2, 0) is 0 Å². The highest BCUT2D eigenvalue weighted by molar-refractivity contribution is 5.90. The molecule has 13 heavy (non-hydrogen) atoms. The number of hydrogen-bond acceptors (Lipinski definition) is 2. The van der Waals surface area contributed by atoms with Crippen molar-refractivity contribution in [2.24, 2.45) is 0 Å². The van der Waals surface area contributed by atoms with Crippen LogP contribution in [0.15, 0.2) is 24.5 Å². The molecule has 2 rings (SSSR count). The Morgan fingerprint density at radius 1 is 1.54 bits per heavy atom. The topological polar surface area (TPSA) is 66.0 Å². The maximum absolute atomic E-state index is 10.5. The number of carboxylic acids is 1. The molecule has 0 radical (unpaired) electrons. The van der Waals surface area contributed by atoms with Crippen molar-refractivity contribution in [2.45, 2.75) is 0 Å². The zero-order valence-electron chi connectivity index (χ0n) is 6.52. The summed E-state index contributed by atoms with van der Waals surface area (Å²) in [5.41, 5.74) is 0.919. The lowest BCUT2D eigenvalue weighted by molar-refractivity contribution is 0.0691. The average molecular weight is 199 g/mol. The van der Waals surface area contributed by atoms with Crippen molar-refractivity contribution in [2.75, 3.05) is 0 Å². The lowest BCUT2D eigenvalue weighted by Gasteiger charge is -1.92. The summed E-state index contributed by atoms with van der Waals surface area (Å²) in [5.74, 6) is -1.00. The van der Waals surface area contributed by atoms with Crippen molar-refractivity contribution < 1.29 is 9.90 Å². The summed E-state index contributed by atoms with van der Waals surface area (Å²) in [6.07, 6.45) is 3.26. The molecule has 5 heteroatoms. The highest BCUT2D eigenvalue weighted by Crippen LogP contribution is 2.11. The second-order valence-corrected chi connectivity index (χ2v) is 2.44. The van der Waals surface area contributed by atoms with Crippen molar-refractivity contribution in [3.05, 3.63) is 30.2 Å². The number of nitrogens with zero attached hydrogens (tertiary/aromatic N) is 1. The van der Waals surface area contributed by atoms with Gasteiger partial charge in [-0.05, 0) is 12.1 Å². The van der Waals surface area contributed by atoms with Crippen LogP contribution in [0.5, 0.6) is 0 Å². The van der Waals surface area contributed by atoms with Crippen LogP contribution >= 0.6 is 12.4 Å². The Bertz CT molecular complexity index is 438. The molecule has 0 saturated carbocycles. The van der Waals surface area contributed by atoms with E-state index in [1.165, 1.54) is 12.3 Å². The number of aromatic carboxylic acids is 1. The summed E-state index contributed by atoms with van der Waals surface area (Å²) in [6, 6.07) is 3.34. The van der Waals surface area contributed by atoms with Gasteiger partial charge in [-0.1, -0.05) is 0 Å². The zero-order valence-corrected chi connectivity index (χ0v) is 7.34. The molecule has 0 aromatic carbocycles. The Morgan fingerprint density at radius 3 is 3.00 bits per heavy atom. The number of fused-ring (bicyclic) bond motifs is 1. The molecule has 0 aliphatic carbocycles. The number of H-pyrrole nitrogens is 1. The van der Waals surface area contributed by atoms with E-state index in [4.69, 9.17) is 5.11 Å². The van der Waals surface area contributed by atoms with Crippen LogP contribution in [0.1, 0.15) is 10.5 Å². The van der Waals surface area contributed by atoms with Gasteiger partial charge in [0, 0.05) is 11.6 Å². The number of pyridine rings is 1. The van der Waals surface area contributed by atoms with Crippen LogP contribution in [-0.4, -0.2) is 21.0 Å². The summed E-state index contributed by atoms with van der Waals surface area (Å²) < 4.78 is 0. The fourth-order valence-electron chi connectivity index (χ4n) is 1.07. The molecule has 0 saturated heterocycles. The van der Waals surface area contributed by atoms with Crippen molar-refractivity contribution in [3.63, 3.8) is 0 Å². The first-order valence-corrected chi connectivity index (χ1v) is 3.44. The minimum absolute atomic E-state index is 0. The van der Waals surface area contributed by atoms with Gasteiger partial charge in [0.05, 0.1) is 11.7 Å². The minimum Gasteiger partial charge on any atom is -0.477 e. The number of rotatable bonds is 1. The number of halogens is 1. The van der Waals surface area contributed by atoms with E-state index in [2.05, 4.69) is 9.97 Å². The van der Waals surface area contributed by atoms with Crippen LogP contribution in [0.3, 0.4) is 0 Å². The number of aromatic amines is 1. The zero-order chi connectivity index (χ0) is 8.55. The van der Waals surface area contributed by atoms with Crippen LogP contribution in [0.4, 0.5) is 0 Å². The van der Waals surface area contributed by atoms with E-state index in [9.17, 15) is 4.79 Å². The Morgan fingerprint density at radius 2 is 2.31 bits per heavy atom. The first kappa shape index (κ1) is 9.54. The number of carboxylic acid groups (broad SMARTS) is 1. The van der Waals surface area contributed by atoms with Gasteiger partial charge in [0.25, 0.3) is 0 Å². The second-order valence-electron chi connectivity index (χ2n) is 2.44. The van der Waals surface area contributed by atoms with E-state index in [0.717, 1.165) is 10.9 Å². The molecule has 0 fully saturated rings. The third-order valence-electron chi connectivity index (χ3n) is 1.66. The lowest BCUT2D eigenvalue weighted by Crippen LogP contribution is -1.98. The van der Waals surface area contributed by atoms with Crippen molar-refractivity contribution in [1.29, 1.82) is 0 Å². The van der Waals surface area contributed by atoms with E-state index >= 15 is 0 Å². The molecule has 2 aromatic heterocycles. The van der Waals surface area contributed by atoms with Gasteiger partial charge >= 0.3 is 5.97 Å². The monoisotopic (exact) mass is 198 g/mol. The SMILES string of the molecule is Cl.O=C(O)c1cc2cc[nH]c2cn1. The Kier molecular flexibility index (Phi) is 2.53. The molecule has 0 aliphatic heterocycles. The number of aromatic nitrogens is 2. The van der Waals surface area contributed by atoms with Crippen LogP contribution < -0.4 is 0 Å².